The van der Waals surface area contributed by atoms with Crippen molar-refractivity contribution in [1.82, 2.24) is 0 Å². The third-order valence-corrected chi connectivity index (χ3v) is 6.09. The molecule has 0 saturated heterocycles. The third kappa shape index (κ3) is 24.0. The summed E-state index contributed by atoms with van der Waals surface area (Å²) in [5, 5.41) is 18.9. The van der Waals surface area contributed by atoms with Crippen LogP contribution < -0.4 is 0 Å². The van der Waals surface area contributed by atoms with Crippen LogP contribution in [0.5, 0.6) is 0 Å². The van der Waals surface area contributed by atoms with Gasteiger partial charge >= 0.3 is 0 Å². The van der Waals surface area contributed by atoms with Gasteiger partial charge in [-0.1, -0.05) is 135 Å². The summed E-state index contributed by atoms with van der Waals surface area (Å²) in [6.45, 7) is 2.63. The van der Waals surface area contributed by atoms with E-state index in [-0.39, 0.29) is 6.10 Å². The fourth-order valence-electron chi connectivity index (χ4n) is 4.09. The lowest BCUT2D eigenvalue weighted by molar-refractivity contribution is 0.147. The van der Waals surface area contributed by atoms with Gasteiger partial charge in [-0.25, -0.2) is 0 Å². The zero-order valence-corrected chi connectivity index (χ0v) is 19.4. The average Bonchev–Trinajstić information content (AvgIpc) is 2.70. The van der Waals surface area contributed by atoms with E-state index in [2.05, 4.69) is 6.92 Å². The summed E-state index contributed by atoms with van der Waals surface area (Å²) >= 11 is 0. The molecule has 0 spiro atoms. The second kappa shape index (κ2) is 25.0. The fourth-order valence-corrected chi connectivity index (χ4v) is 4.09. The molecule has 2 heteroatoms. The smallest absolute Gasteiger partial charge is 0.0540 e. The SMILES string of the molecule is CCCCCCCCCCCC(O)CCCCCCCCCCCCCCO. The first-order valence-corrected chi connectivity index (χ1v) is 13.1. The van der Waals surface area contributed by atoms with Gasteiger partial charge in [0, 0.05) is 6.61 Å². The number of unbranched alkanes of at least 4 members (excludes halogenated alkanes) is 19. The summed E-state index contributed by atoms with van der Waals surface area (Å²) in [5.41, 5.74) is 0. The summed E-state index contributed by atoms with van der Waals surface area (Å²) in [7, 11) is 0. The minimum absolute atomic E-state index is 0.0459. The lowest BCUT2D eigenvalue weighted by Gasteiger charge is -2.10. The molecule has 1 unspecified atom stereocenters. The molecular weight excluding hydrogens is 344 g/mol. The van der Waals surface area contributed by atoms with Gasteiger partial charge in [-0.2, -0.15) is 0 Å². The minimum Gasteiger partial charge on any atom is -0.396 e. The molecule has 0 amide bonds. The molecule has 0 bridgehead atoms. The van der Waals surface area contributed by atoms with Crippen molar-refractivity contribution in [2.24, 2.45) is 0 Å². The normalized spacial score (nSPS) is 12.5. The first-order chi connectivity index (χ1) is 13.8. The van der Waals surface area contributed by atoms with E-state index in [0.29, 0.717) is 6.61 Å². The molecule has 0 aromatic heterocycles. The van der Waals surface area contributed by atoms with Crippen molar-refractivity contribution >= 4 is 0 Å². The molecule has 0 aliphatic rings. The summed E-state index contributed by atoms with van der Waals surface area (Å²) in [6.07, 6.45) is 29.8. The molecule has 0 aliphatic heterocycles. The predicted molar refractivity (Wildman–Crippen MR) is 125 cm³/mol. The first-order valence-electron chi connectivity index (χ1n) is 13.1. The number of aliphatic hydroxyl groups is 2. The highest BCUT2D eigenvalue weighted by atomic mass is 16.3. The molecule has 1 atom stereocenters. The molecule has 0 aromatic carbocycles. The third-order valence-electron chi connectivity index (χ3n) is 6.09. The van der Waals surface area contributed by atoms with Crippen LogP contribution in [0.25, 0.3) is 0 Å². The van der Waals surface area contributed by atoms with Crippen molar-refractivity contribution in [3.8, 4) is 0 Å². The van der Waals surface area contributed by atoms with Crippen LogP contribution in [0.4, 0.5) is 0 Å². The first kappa shape index (κ1) is 27.9. The molecule has 2 N–H and O–H groups in total. The van der Waals surface area contributed by atoms with Gasteiger partial charge in [-0.05, 0) is 19.3 Å². The van der Waals surface area contributed by atoms with Crippen LogP contribution in [0.3, 0.4) is 0 Å². The fraction of sp³-hybridized carbons (Fsp3) is 1.00. The Labute approximate surface area is 177 Å². The van der Waals surface area contributed by atoms with Gasteiger partial charge in [-0.3, -0.25) is 0 Å². The Bertz CT molecular complexity index is 267. The number of hydrogen-bond donors (Lipinski definition) is 2. The molecule has 28 heavy (non-hydrogen) atoms. The number of hydrogen-bond acceptors (Lipinski definition) is 2. The van der Waals surface area contributed by atoms with Crippen molar-refractivity contribution < 1.29 is 10.2 Å². The highest BCUT2D eigenvalue weighted by Crippen LogP contribution is 2.16. The summed E-state index contributed by atoms with van der Waals surface area (Å²) in [4.78, 5) is 0. The highest BCUT2D eigenvalue weighted by Gasteiger charge is 2.03. The second-order valence-corrected chi connectivity index (χ2v) is 9.03. The molecule has 0 rings (SSSR count). The van der Waals surface area contributed by atoms with E-state index in [1.807, 2.05) is 0 Å². The molecule has 0 heterocycles. The van der Waals surface area contributed by atoms with Crippen LogP contribution >= 0.6 is 0 Å². The second-order valence-electron chi connectivity index (χ2n) is 9.03. The maximum Gasteiger partial charge on any atom is 0.0540 e. The molecule has 0 radical (unpaired) electrons. The number of rotatable bonds is 24. The van der Waals surface area contributed by atoms with E-state index in [0.717, 1.165) is 19.3 Å². The van der Waals surface area contributed by atoms with Crippen molar-refractivity contribution in [2.45, 2.75) is 161 Å². The highest BCUT2D eigenvalue weighted by molar-refractivity contribution is 4.58. The van der Waals surface area contributed by atoms with E-state index in [1.165, 1.54) is 128 Å². The Kier molecular flexibility index (Phi) is 24.9. The molecular formula is C26H54O2. The molecule has 0 fully saturated rings. The quantitative estimate of drug-likeness (QED) is 0.160. The lowest BCUT2D eigenvalue weighted by atomic mass is 10.0. The maximum atomic E-state index is 10.1. The van der Waals surface area contributed by atoms with E-state index in [4.69, 9.17) is 5.11 Å². The van der Waals surface area contributed by atoms with E-state index in [1.54, 1.807) is 0 Å². The van der Waals surface area contributed by atoms with Crippen molar-refractivity contribution in [3.63, 3.8) is 0 Å². The Hall–Kier alpha value is -0.0800. The standard InChI is InChI=1S/C26H54O2/c1-2-3-4-5-6-11-14-17-20-23-26(28)24-21-18-15-12-9-7-8-10-13-16-19-22-25-27/h26-28H,2-25H2,1H3. The lowest BCUT2D eigenvalue weighted by Crippen LogP contribution is -2.05. The monoisotopic (exact) mass is 398 g/mol. The van der Waals surface area contributed by atoms with Gasteiger partial charge in [0.15, 0.2) is 0 Å². The molecule has 170 valence electrons. The summed E-state index contributed by atoms with van der Waals surface area (Å²) in [5.74, 6) is 0. The summed E-state index contributed by atoms with van der Waals surface area (Å²) < 4.78 is 0. The van der Waals surface area contributed by atoms with Crippen LogP contribution in [0.2, 0.25) is 0 Å². The predicted octanol–water partition coefficient (Wildman–Crippen LogP) is 8.33. The minimum atomic E-state index is -0.0459. The van der Waals surface area contributed by atoms with Gasteiger partial charge in [0.2, 0.25) is 0 Å². The zero-order valence-electron chi connectivity index (χ0n) is 19.4. The Morgan fingerprint density at radius 1 is 0.429 bits per heavy atom. The van der Waals surface area contributed by atoms with Crippen molar-refractivity contribution in [1.29, 1.82) is 0 Å². The van der Waals surface area contributed by atoms with E-state index < -0.39 is 0 Å². The molecule has 0 saturated carbocycles. The Morgan fingerprint density at radius 2 is 0.714 bits per heavy atom. The van der Waals surface area contributed by atoms with Gasteiger partial charge in [0.25, 0.3) is 0 Å². The van der Waals surface area contributed by atoms with Crippen LogP contribution in [-0.2, 0) is 0 Å². The van der Waals surface area contributed by atoms with Crippen LogP contribution in [0, 0.1) is 0 Å². The number of aliphatic hydroxyl groups excluding tert-OH is 2. The summed E-state index contributed by atoms with van der Waals surface area (Å²) in [6, 6.07) is 0. The van der Waals surface area contributed by atoms with Gasteiger partial charge in [0.1, 0.15) is 0 Å². The van der Waals surface area contributed by atoms with Crippen LogP contribution in [0.1, 0.15) is 155 Å². The van der Waals surface area contributed by atoms with Crippen molar-refractivity contribution in [3.05, 3.63) is 0 Å². The van der Waals surface area contributed by atoms with Crippen molar-refractivity contribution in [2.75, 3.05) is 6.61 Å². The molecule has 0 aromatic rings. The van der Waals surface area contributed by atoms with Gasteiger partial charge in [-0.15, -0.1) is 0 Å². The van der Waals surface area contributed by atoms with Crippen LogP contribution in [0.15, 0.2) is 0 Å². The topological polar surface area (TPSA) is 40.5 Å². The molecule has 0 aliphatic carbocycles. The van der Waals surface area contributed by atoms with E-state index in [9.17, 15) is 5.11 Å². The van der Waals surface area contributed by atoms with E-state index >= 15 is 0 Å². The Balaban J connectivity index is 3.12. The van der Waals surface area contributed by atoms with Crippen LogP contribution in [-0.4, -0.2) is 22.9 Å². The average molecular weight is 399 g/mol. The molecule has 2 nitrogen and oxygen atoms in total. The zero-order chi connectivity index (χ0) is 20.5. The largest absolute Gasteiger partial charge is 0.396 e. The maximum absolute atomic E-state index is 10.1. The van der Waals surface area contributed by atoms with Gasteiger partial charge in [0.05, 0.1) is 6.10 Å². The van der Waals surface area contributed by atoms with Gasteiger partial charge < -0.3 is 10.2 Å². The Morgan fingerprint density at radius 3 is 1.04 bits per heavy atom.